The van der Waals surface area contributed by atoms with E-state index in [1.54, 1.807) is 10.9 Å². The predicted octanol–water partition coefficient (Wildman–Crippen LogP) is -0.191. The number of aromatic nitrogens is 3. The van der Waals surface area contributed by atoms with Crippen molar-refractivity contribution in [3.63, 3.8) is 0 Å². The van der Waals surface area contributed by atoms with Crippen molar-refractivity contribution >= 4 is 0 Å². The van der Waals surface area contributed by atoms with E-state index in [-0.39, 0.29) is 5.92 Å². The summed E-state index contributed by atoms with van der Waals surface area (Å²) < 4.78 is 1.71. The van der Waals surface area contributed by atoms with Gasteiger partial charge in [-0.3, -0.25) is 4.68 Å². The SMILES string of the molecule is CC(CON)c1cnnn1C. The Morgan fingerprint density at radius 1 is 1.82 bits per heavy atom. The molecule has 2 N–H and O–H groups in total. The van der Waals surface area contributed by atoms with Gasteiger partial charge in [0.05, 0.1) is 18.5 Å². The lowest BCUT2D eigenvalue weighted by Gasteiger charge is -2.07. The number of hydrogen-bond acceptors (Lipinski definition) is 4. The van der Waals surface area contributed by atoms with Crippen LogP contribution in [0, 0.1) is 0 Å². The van der Waals surface area contributed by atoms with Gasteiger partial charge in [0, 0.05) is 13.0 Å². The minimum absolute atomic E-state index is 0.236. The Morgan fingerprint density at radius 2 is 2.55 bits per heavy atom. The minimum Gasteiger partial charge on any atom is -0.304 e. The maximum atomic E-state index is 4.94. The zero-order chi connectivity index (χ0) is 8.27. The fraction of sp³-hybridized carbons (Fsp3) is 0.667. The van der Waals surface area contributed by atoms with E-state index in [1.165, 1.54) is 0 Å². The minimum atomic E-state index is 0.236. The third-order valence-corrected chi connectivity index (χ3v) is 1.60. The van der Waals surface area contributed by atoms with Gasteiger partial charge in [0.25, 0.3) is 0 Å². The van der Waals surface area contributed by atoms with E-state index in [0.29, 0.717) is 6.61 Å². The summed E-state index contributed by atoms with van der Waals surface area (Å²) in [5.74, 6) is 5.17. The van der Waals surface area contributed by atoms with Gasteiger partial charge in [0.1, 0.15) is 0 Å². The number of aryl methyl sites for hydroxylation is 1. The molecule has 0 bridgehead atoms. The van der Waals surface area contributed by atoms with E-state index >= 15 is 0 Å². The normalized spacial score (nSPS) is 13.4. The Kier molecular flexibility index (Phi) is 2.56. The van der Waals surface area contributed by atoms with Crippen LogP contribution in [0.2, 0.25) is 0 Å². The van der Waals surface area contributed by atoms with Gasteiger partial charge in [-0.1, -0.05) is 12.1 Å². The molecule has 1 atom stereocenters. The molecule has 1 aromatic heterocycles. The molecule has 1 unspecified atom stereocenters. The van der Waals surface area contributed by atoms with Crippen LogP contribution in [-0.4, -0.2) is 21.6 Å². The number of nitrogens with zero attached hydrogens (tertiary/aromatic N) is 3. The summed E-state index contributed by atoms with van der Waals surface area (Å²) in [7, 11) is 1.84. The zero-order valence-electron chi connectivity index (χ0n) is 6.69. The monoisotopic (exact) mass is 156 g/mol. The molecule has 5 nitrogen and oxygen atoms in total. The molecule has 0 saturated carbocycles. The molecule has 11 heavy (non-hydrogen) atoms. The first-order valence-electron chi connectivity index (χ1n) is 3.42. The summed E-state index contributed by atoms with van der Waals surface area (Å²) in [5.41, 5.74) is 1.02. The first kappa shape index (κ1) is 8.16. The van der Waals surface area contributed by atoms with Crippen molar-refractivity contribution in [1.82, 2.24) is 15.0 Å². The molecule has 0 radical (unpaired) electrons. The summed E-state index contributed by atoms with van der Waals surface area (Å²) in [4.78, 5) is 4.51. The molecular formula is C6H12N4O. The molecule has 0 spiro atoms. The van der Waals surface area contributed by atoms with E-state index in [2.05, 4.69) is 15.1 Å². The van der Waals surface area contributed by atoms with Crippen molar-refractivity contribution in [2.45, 2.75) is 12.8 Å². The van der Waals surface area contributed by atoms with Gasteiger partial charge >= 0.3 is 0 Å². The van der Waals surface area contributed by atoms with Gasteiger partial charge in [-0.25, -0.2) is 5.90 Å². The molecule has 0 amide bonds. The van der Waals surface area contributed by atoms with Crippen LogP contribution in [0.5, 0.6) is 0 Å². The van der Waals surface area contributed by atoms with E-state index in [0.717, 1.165) is 5.69 Å². The first-order valence-corrected chi connectivity index (χ1v) is 3.42. The first-order chi connectivity index (χ1) is 5.25. The standard InChI is InChI=1S/C6H12N4O/c1-5(4-11-7)6-3-8-9-10(6)2/h3,5H,4,7H2,1-2H3. The molecule has 0 aliphatic carbocycles. The summed E-state index contributed by atoms with van der Waals surface area (Å²) in [6.45, 7) is 2.49. The fourth-order valence-corrected chi connectivity index (χ4v) is 0.974. The topological polar surface area (TPSA) is 66.0 Å². The average Bonchev–Trinajstić information content (AvgIpc) is 2.36. The molecule has 62 valence electrons. The van der Waals surface area contributed by atoms with E-state index in [9.17, 15) is 0 Å². The number of nitrogens with two attached hydrogens (primary N) is 1. The molecule has 0 saturated heterocycles. The second-order valence-corrected chi connectivity index (χ2v) is 2.52. The summed E-state index contributed by atoms with van der Waals surface area (Å²) >= 11 is 0. The Hall–Kier alpha value is -0.940. The maximum Gasteiger partial charge on any atom is 0.0760 e. The van der Waals surface area contributed by atoms with Crippen LogP contribution >= 0.6 is 0 Å². The molecule has 1 heterocycles. The van der Waals surface area contributed by atoms with Crippen LogP contribution in [0.1, 0.15) is 18.5 Å². The molecule has 5 heteroatoms. The largest absolute Gasteiger partial charge is 0.304 e. The molecule has 0 aliphatic heterocycles. The van der Waals surface area contributed by atoms with E-state index in [1.807, 2.05) is 14.0 Å². The van der Waals surface area contributed by atoms with Crippen LogP contribution in [0.3, 0.4) is 0 Å². The van der Waals surface area contributed by atoms with Crippen molar-refractivity contribution in [3.8, 4) is 0 Å². The second kappa shape index (κ2) is 3.45. The zero-order valence-corrected chi connectivity index (χ0v) is 6.69. The molecule has 0 fully saturated rings. The summed E-state index contributed by atoms with van der Waals surface area (Å²) in [6, 6.07) is 0. The van der Waals surface area contributed by atoms with Crippen molar-refractivity contribution in [2.24, 2.45) is 12.9 Å². The Bertz CT molecular complexity index is 222. The molecule has 0 aliphatic rings. The van der Waals surface area contributed by atoms with Crippen molar-refractivity contribution < 1.29 is 4.84 Å². The highest BCUT2D eigenvalue weighted by atomic mass is 16.6. The Balaban J connectivity index is 2.67. The lowest BCUT2D eigenvalue weighted by atomic mass is 10.1. The molecule has 1 rings (SSSR count). The van der Waals surface area contributed by atoms with Gasteiger partial charge in [-0.2, -0.15) is 0 Å². The molecule has 1 aromatic rings. The van der Waals surface area contributed by atoms with Crippen LogP contribution in [0.4, 0.5) is 0 Å². The fourth-order valence-electron chi connectivity index (χ4n) is 0.974. The van der Waals surface area contributed by atoms with Crippen LogP contribution in [-0.2, 0) is 11.9 Å². The highest BCUT2D eigenvalue weighted by Crippen LogP contribution is 2.11. The van der Waals surface area contributed by atoms with Crippen LogP contribution in [0.25, 0.3) is 0 Å². The second-order valence-electron chi connectivity index (χ2n) is 2.52. The predicted molar refractivity (Wildman–Crippen MR) is 39.6 cm³/mol. The van der Waals surface area contributed by atoms with Gasteiger partial charge in [-0.15, -0.1) is 5.10 Å². The van der Waals surface area contributed by atoms with Gasteiger partial charge in [0.2, 0.25) is 0 Å². The number of hydrogen-bond donors (Lipinski definition) is 1. The molecular weight excluding hydrogens is 144 g/mol. The van der Waals surface area contributed by atoms with Crippen LogP contribution < -0.4 is 5.90 Å². The Morgan fingerprint density at radius 3 is 3.00 bits per heavy atom. The maximum absolute atomic E-state index is 4.94. The highest BCUT2D eigenvalue weighted by molar-refractivity contribution is 5.00. The number of rotatable bonds is 3. The smallest absolute Gasteiger partial charge is 0.0760 e. The van der Waals surface area contributed by atoms with E-state index < -0.39 is 0 Å². The quantitative estimate of drug-likeness (QED) is 0.616. The van der Waals surface area contributed by atoms with Gasteiger partial charge < -0.3 is 4.84 Å². The third kappa shape index (κ3) is 1.75. The van der Waals surface area contributed by atoms with Crippen molar-refractivity contribution in [2.75, 3.05) is 6.61 Å². The summed E-state index contributed by atoms with van der Waals surface area (Å²) in [6.07, 6.45) is 1.71. The van der Waals surface area contributed by atoms with Crippen LogP contribution in [0.15, 0.2) is 6.20 Å². The summed E-state index contributed by atoms with van der Waals surface area (Å²) in [5, 5.41) is 7.53. The third-order valence-electron chi connectivity index (χ3n) is 1.60. The Labute approximate surface area is 65.1 Å². The van der Waals surface area contributed by atoms with Gasteiger partial charge in [0.15, 0.2) is 0 Å². The lowest BCUT2D eigenvalue weighted by Crippen LogP contribution is -2.11. The average molecular weight is 156 g/mol. The van der Waals surface area contributed by atoms with Crippen molar-refractivity contribution in [1.29, 1.82) is 0 Å². The molecule has 0 aromatic carbocycles. The lowest BCUT2D eigenvalue weighted by molar-refractivity contribution is 0.125. The van der Waals surface area contributed by atoms with Crippen molar-refractivity contribution in [3.05, 3.63) is 11.9 Å². The van der Waals surface area contributed by atoms with Gasteiger partial charge in [-0.05, 0) is 0 Å². The van der Waals surface area contributed by atoms with E-state index in [4.69, 9.17) is 5.90 Å². The highest BCUT2D eigenvalue weighted by Gasteiger charge is 2.09.